The Morgan fingerprint density at radius 2 is 1.59 bits per heavy atom. The topological polar surface area (TPSA) is 105 Å². The summed E-state index contributed by atoms with van der Waals surface area (Å²) in [7, 11) is 0.0865. The van der Waals surface area contributed by atoms with E-state index >= 15 is 0 Å². The second-order valence-corrected chi connectivity index (χ2v) is 10.8. The van der Waals surface area contributed by atoms with Crippen LogP contribution in [0.15, 0.2) is 77.7 Å². The summed E-state index contributed by atoms with van der Waals surface area (Å²) in [6.45, 7) is 1.24. The summed E-state index contributed by atoms with van der Waals surface area (Å²) in [6, 6.07) is 18.7. The van der Waals surface area contributed by atoms with E-state index in [2.05, 4.69) is 5.32 Å². The zero-order chi connectivity index (χ0) is 28.6. The summed E-state index contributed by atoms with van der Waals surface area (Å²) in [4.78, 5) is 28.0. The third kappa shape index (κ3) is 6.82. The Kier molecular flexibility index (Phi) is 10.2. The van der Waals surface area contributed by atoms with Crippen molar-refractivity contribution in [2.45, 2.75) is 30.8 Å². The molecule has 0 aliphatic rings. The minimum atomic E-state index is -4.26. The molecule has 0 saturated carbocycles. The monoisotopic (exact) mass is 573 g/mol. The standard InChI is InChI=1S/C28H32ClN3O6S/c1-5-24(28(34)30-2)31(18-20-11-9-10-14-23(20)29)27(33)19-32(21-12-7-6-8-13-21)39(35,36)22-15-16-25(37-3)26(17-22)38-4/h6-17,24H,5,18-19H2,1-4H3,(H,30,34)/t24-/m1/s1. The number of nitrogens with one attached hydrogen (secondary N) is 1. The van der Waals surface area contributed by atoms with Gasteiger partial charge in [-0.25, -0.2) is 8.42 Å². The van der Waals surface area contributed by atoms with Gasteiger partial charge in [0, 0.05) is 24.7 Å². The van der Waals surface area contributed by atoms with Crippen molar-refractivity contribution in [3.8, 4) is 11.5 Å². The fraction of sp³-hybridized carbons (Fsp3) is 0.286. The SMILES string of the molecule is CC[C@H](C(=O)NC)N(Cc1ccccc1Cl)C(=O)CN(c1ccccc1)S(=O)(=O)c1ccc(OC)c(OC)c1. The molecule has 208 valence electrons. The minimum Gasteiger partial charge on any atom is -0.493 e. The Labute approximate surface area is 234 Å². The number of carbonyl (C=O) groups excluding carboxylic acids is 2. The smallest absolute Gasteiger partial charge is 0.264 e. The van der Waals surface area contributed by atoms with Gasteiger partial charge in [-0.05, 0) is 42.3 Å². The van der Waals surface area contributed by atoms with Crippen LogP contribution >= 0.6 is 11.6 Å². The number of nitrogens with zero attached hydrogens (tertiary/aromatic N) is 2. The molecule has 0 fully saturated rings. The second kappa shape index (κ2) is 13.3. The number of hydrogen-bond acceptors (Lipinski definition) is 6. The van der Waals surface area contributed by atoms with Crippen molar-refractivity contribution in [3.63, 3.8) is 0 Å². The Morgan fingerprint density at radius 1 is 0.949 bits per heavy atom. The van der Waals surface area contributed by atoms with Crippen LogP contribution < -0.4 is 19.1 Å². The first-order valence-corrected chi connectivity index (χ1v) is 14.0. The number of carbonyl (C=O) groups is 2. The van der Waals surface area contributed by atoms with Crippen molar-refractivity contribution in [1.82, 2.24) is 10.2 Å². The largest absolute Gasteiger partial charge is 0.493 e. The molecule has 0 aromatic heterocycles. The molecule has 0 unspecified atom stereocenters. The highest BCUT2D eigenvalue weighted by Gasteiger charge is 2.34. The number of anilines is 1. The maximum atomic E-state index is 14.0. The van der Waals surface area contributed by atoms with Crippen molar-refractivity contribution in [3.05, 3.63) is 83.4 Å². The van der Waals surface area contributed by atoms with Gasteiger partial charge in [0.2, 0.25) is 11.8 Å². The van der Waals surface area contributed by atoms with Gasteiger partial charge < -0.3 is 19.7 Å². The van der Waals surface area contributed by atoms with E-state index in [4.69, 9.17) is 21.1 Å². The van der Waals surface area contributed by atoms with E-state index in [9.17, 15) is 18.0 Å². The van der Waals surface area contributed by atoms with Crippen molar-refractivity contribution < 1.29 is 27.5 Å². The number of benzene rings is 3. The quantitative estimate of drug-likeness (QED) is 0.350. The van der Waals surface area contributed by atoms with E-state index in [1.807, 2.05) is 0 Å². The number of sulfonamides is 1. The number of methoxy groups -OCH3 is 2. The molecular weight excluding hydrogens is 542 g/mol. The van der Waals surface area contributed by atoms with Crippen LogP contribution in [0.3, 0.4) is 0 Å². The maximum Gasteiger partial charge on any atom is 0.264 e. The second-order valence-electron chi connectivity index (χ2n) is 8.52. The average Bonchev–Trinajstić information content (AvgIpc) is 2.96. The van der Waals surface area contributed by atoms with Crippen LogP contribution in [0.2, 0.25) is 5.02 Å². The summed E-state index contributed by atoms with van der Waals surface area (Å²) in [5.41, 5.74) is 0.912. The highest BCUT2D eigenvalue weighted by molar-refractivity contribution is 7.92. The molecule has 39 heavy (non-hydrogen) atoms. The summed E-state index contributed by atoms with van der Waals surface area (Å²) in [6.07, 6.45) is 0.309. The lowest BCUT2D eigenvalue weighted by molar-refractivity contribution is -0.140. The van der Waals surface area contributed by atoms with Gasteiger partial charge in [-0.15, -0.1) is 0 Å². The number of halogens is 1. The van der Waals surface area contributed by atoms with Gasteiger partial charge >= 0.3 is 0 Å². The van der Waals surface area contributed by atoms with E-state index in [1.165, 1.54) is 44.4 Å². The number of amides is 2. The van der Waals surface area contributed by atoms with Crippen LogP contribution in [0.4, 0.5) is 5.69 Å². The zero-order valence-electron chi connectivity index (χ0n) is 22.3. The van der Waals surface area contributed by atoms with Gasteiger partial charge in [-0.2, -0.15) is 0 Å². The predicted octanol–water partition coefficient (Wildman–Crippen LogP) is 4.11. The van der Waals surface area contributed by atoms with Crippen molar-refractivity contribution in [1.29, 1.82) is 0 Å². The van der Waals surface area contributed by atoms with Gasteiger partial charge in [-0.1, -0.05) is 54.9 Å². The minimum absolute atomic E-state index is 0.0173. The maximum absolute atomic E-state index is 14.0. The summed E-state index contributed by atoms with van der Waals surface area (Å²) >= 11 is 6.37. The Morgan fingerprint density at radius 3 is 2.18 bits per heavy atom. The molecule has 2 amide bonds. The van der Waals surface area contributed by atoms with Gasteiger partial charge in [0.25, 0.3) is 10.0 Å². The van der Waals surface area contributed by atoms with Crippen LogP contribution in [-0.2, 0) is 26.2 Å². The van der Waals surface area contributed by atoms with E-state index in [0.717, 1.165) is 4.31 Å². The molecule has 0 heterocycles. The van der Waals surface area contributed by atoms with Crippen LogP contribution in [0.25, 0.3) is 0 Å². The van der Waals surface area contributed by atoms with Gasteiger partial charge in [0.15, 0.2) is 11.5 Å². The fourth-order valence-corrected chi connectivity index (χ4v) is 5.75. The fourth-order valence-electron chi connectivity index (χ4n) is 4.12. The molecule has 11 heteroatoms. The molecule has 1 N–H and O–H groups in total. The highest BCUT2D eigenvalue weighted by Crippen LogP contribution is 2.32. The first kappa shape index (κ1) is 29.8. The van der Waals surface area contributed by atoms with Gasteiger partial charge in [0.1, 0.15) is 12.6 Å². The predicted molar refractivity (Wildman–Crippen MR) is 151 cm³/mol. The van der Waals surface area contributed by atoms with Crippen LogP contribution in [0.5, 0.6) is 11.5 Å². The number of para-hydroxylation sites is 1. The van der Waals surface area contributed by atoms with Gasteiger partial charge in [0.05, 0.1) is 24.8 Å². The molecule has 3 rings (SSSR count). The molecule has 0 bridgehead atoms. The summed E-state index contributed by atoms with van der Waals surface area (Å²) in [5, 5.41) is 3.02. The van der Waals surface area contributed by atoms with E-state index in [-0.39, 0.29) is 28.8 Å². The lowest BCUT2D eigenvalue weighted by Gasteiger charge is -2.33. The van der Waals surface area contributed by atoms with Crippen molar-refractivity contribution in [2.24, 2.45) is 0 Å². The average molecular weight is 574 g/mol. The lowest BCUT2D eigenvalue weighted by atomic mass is 10.1. The molecule has 0 aliphatic carbocycles. The van der Waals surface area contributed by atoms with Crippen LogP contribution in [0.1, 0.15) is 18.9 Å². The van der Waals surface area contributed by atoms with Crippen molar-refractivity contribution >= 4 is 39.1 Å². The van der Waals surface area contributed by atoms with Crippen LogP contribution in [0, 0.1) is 0 Å². The van der Waals surface area contributed by atoms with Gasteiger partial charge in [-0.3, -0.25) is 13.9 Å². The Balaban J connectivity index is 2.08. The Hall–Kier alpha value is -3.76. The van der Waals surface area contributed by atoms with E-state index in [1.54, 1.807) is 61.5 Å². The number of ether oxygens (including phenoxy) is 2. The molecule has 0 radical (unpaired) electrons. The normalized spacial score (nSPS) is 11.8. The molecule has 1 atom stereocenters. The van der Waals surface area contributed by atoms with Crippen LogP contribution in [-0.4, -0.2) is 59.0 Å². The third-order valence-electron chi connectivity index (χ3n) is 6.20. The lowest BCUT2D eigenvalue weighted by Crippen LogP contribution is -2.51. The summed E-state index contributed by atoms with van der Waals surface area (Å²) < 4.78 is 39.5. The third-order valence-corrected chi connectivity index (χ3v) is 8.34. The molecule has 3 aromatic carbocycles. The van der Waals surface area contributed by atoms with Crippen molar-refractivity contribution in [2.75, 3.05) is 32.1 Å². The number of hydrogen-bond donors (Lipinski definition) is 1. The molecule has 3 aromatic rings. The number of rotatable bonds is 12. The van der Waals surface area contributed by atoms with E-state index in [0.29, 0.717) is 22.8 Å². The molecule has 0 aliphatic heterocycles. The molecule has 9 nitrogen and oxygen atoms in total. The van der Waals surface area contributed by atoms with E-state index < -0.39 is 28.5 Å². The number of likely N-dealkylation sites (N-methyl/N-ethyl adjacent to an activating group) is 1. The summed E-state index contributed by atoms with van der Waals surface area (Å²) in [5.74, 6) is -0.352. The molecular formula is C28H32ClN3O6S. The molecule has 0 saturated heterocycles. The zero-order valence-corrected chi connectivity index (χ0v) is 23.8. The molecule has 0 spiro atoms. The highest BCUT2D eigenvalue weighted by atomic mass is 35.5. The first-order valence-electron chi connectivity index (χ1n) is 12.2. The first-order chi connectivity index (χ1) is 18.7. The Bertz CT molecular complexity index is 1400.